The van der Waals surface area contributed by atoms with E-state index < -0.39 is 24.0 Å². The molecule has 8 heteroatoms. The Morgan fingerprint density at radius 2 is 2.03 bits per heavy atom. The number of benzene rings is 1. The summed E-state index contributed by atoms with van der Waals surface area (Å²) in [6, 6.07) is 10.6. The Balaban J connectivity index is 1.77. The number of carbonyl (C=O) groups is 2. The van der Waals surface area contributed by atoms with Gasteiger partial charge in [-0.25, -0.2) is 9.78 Å². The van der Waals surface area contributed by atoms with Crippen molar-refractivity contribution in [2.24, 2.45) is 5.92 Å². The SMILES string of the molecule is CCCC[C@H]1OCC[C@H](NC(=O)c2nccc(OC)c2O)C(=O)O[C@@H](C)[C@@H]1Cc1ccccc1. The first-order valence-electron chi connectivity index (χ1n) is 11.8. The molecule has 3 rings (SSSR count). The van der Waals surface area contributed by atoms with E-state index in [4.69, 9.17) is 14.2 Å². The molecule has 0 spiro atoms. The van der Waals surface area contributed by atoms with Crippen LogP contribution in [0.5, 0.6) is 11.5 Å². The molecule has 1 amide bonds. The summed E-state index contributed by atoms with van der Waals surface area (Å²) in [5, 5.41) is 12.9. The van der Waals surface area contributed by atoms with Gasteiger partial charge in [0.2, 0.25) is 0 Å². The van der Waals surface area contributed by atoms with E-state index in [1.807, 2.05) is 25.1 Å². The molecule has 1 aliphatic heterocycles. The van der Waals surface area contributed by atoms with Gasteiger partial charge < -0.3 is 24.6 Å². The van der Waals surface area contributed by atoms with Crippen LogP contribution < -0.4 is 10.1 Å². The van der Waals surface area contributed by atoms with E-state index in [1.165, 1.54) is 19.4 Å². The second-order valence-electron chi connectivity index (χ2n) is 8.57. The lowest BCUT2D eigenvalue weighted by Gasteiger charge is -2.31. The lowest BCUT2D eigenvalue weighted by Crippen LogP contribution is -2.44. The minimum atomic E-state index is -0.926. The minimum absolute atomic E-state index is 0.0172. The molecule has 2 heterocycles. The number of aromatic hydroxyl groups is 1. The fraction of sp³-hybridized carbons (Fsp3) is 0.500. The van der Waals surface area contributed by atoms with Crippen LogP contribution in [0.25, 0.3) is 0 Å². The van der Waals surface area contributed by atoms with Gasteiger partial charge in [-0.1, -0.05) is 50.1 Å². The maximum absolute atomic E-state index is 13.0. The predicted octanol–water partition coefficient (Wildman–Crippen LogP) is 3.66. The van der Waals surface area contributed by atoms with Crippen LogP contribution in [-0.2, 0) is 20.7 Å². The van der Waals surface area contributed by atoms with Crippen LogP contribution in [0.4, 0.5) is 0 Å². The third-order valence-electron chi connectivity index (χ3n) is 6.19. The van der Waals surface area contributed by atoms with Crippen molar-refractivity contribution in [3.8, 4) is 11.5 Å². The molecule has 0 unspecified atom stereocenters. The van der Waals surface area contributed by atoms with E-state index in [2.05, 4.69) is 29.4 Å². The number of carbonyl (C=O) groups excluding carboxylic acids is 2. The standard InChI is InChI=1S/C26H34N2O6/c1-4-5-11-21-19(16-18-9-7-6-8-10-18)17(2)34-26(31)20(13-15-33-21)28-25(30)23-24(29)22(32-3)12-14-27-23/h6-10,12,14,17,19-21,29H,4-5,11,13,15-16H2,1-3H3,(H,28,30)/t17-,19-,20-,21+/m0/s1. The molecule has 1 saturated heterocycles. The first-order valence-corrected chi connectivity index (χ1v) is 11.8. The fourth-order valence-corrected chi connectivity index (χ4v) is 4.24. The van der Waals surface area contributed by atoms with Crippen molar-refractivity contribution in [1.29, 1.82) is 0 Å². The van der Waals surface area contributed by atoms with Crippen LogP contribution in [0.2, 0.25) is 0 Å². The number of pyridine rings is 1. The van der Waals surface area contributed by atoms with E-state index in [9.17, 15) is 14.7 Å². The molecule has 1 aliphatic rings. The summed E-state index contributed by atoms with van der Waals surface area (Å²) in [6.07, 6.45) is 4.78. The number of nitrogens with zero attached hydrogens (tertiary/aromatic N) is 1. The van der Waals surface area contributed by atoms with E-state index >= 15 is 0 Å². The van der Waals surface area contributed by atoms with Crippen LogP contribution in [0.15, 0.2) is 42.6 Å². The number of aromatic nitrogens is 1. The van der Waals surface area contributed by atoms with Crippen molar-refractivity contribution in [3.63, 3.8) is 0 Å². The Labute approximate surface area is 200 Å². The van der Waals surface area contributed by atoms with E-state index in [0.717, 1.165) is 31.2 Å². The third-order valence-corrected chi connectivity index (χ3v) is 6.19. The highest BCUT2D eigenvalue weighted by molar-refractivity contribution is 5.97. The summed E-state index contributed by atoms with van der Waals surface area (Å²) in [7, 11) is 1.38. The topological polar surface area (TPSA) is 107 Å². The molecule has 2 aromatic rings. The van der Waals surface area contributed by atoms with Gasteiger partial charge in [-0.05, 0) is 25.3 Å². The van der Waals surface area contributed by atoms with E-state index in [-0.39, 0.29) is 35.6 Å². The van der Waals surface area contributed by atoms with Gasteiger partial charge >= 0.3 is 5.97 Å². The average molecular weight is 471 g/mol. The molecule has 2 N–H and O–H groups in total. The quantitative estimate of drug-likeness (QED) is 0.567. The molecule has 0 saturated carbocycles. The predicted molar refractivity (Wildman–Crippen MR) is 127 cm³/mol. The molecule has 0 bridgehead atoms. The number of methoxy groups -OCH3 is 1. The highest BCUT2D eigenvalue weighted by Gasteiger charge is 2.35. The molecule has 4 atom stereocenters. The van der Waals surface area contributed by atoms with E-state index in [1.54, 1.807) is 0 Å². The first-order chi connectivity index (χ1) is 16.4. The maximum atomic E-state index is 13.0. The van der Waals surface area contributed by atoms with Gasteiger partial charge in [-0.2, -0.15) is 0 Å². The Kier molecular flexibility index (Phi) is 9.27. The Hall–Kier alpha value is -3.13. The highest BCUT2D eigenvalue weighted by Crippen LogP contribution is 2.29. The summed E-state index contributed by atoms with van der Waals surface area (Å²) in [6.45, 7) is 4.32. The van der Waals surface area contributed by atoms with Crippen LogP contribution in [0.3, 0.4) is 0 Å². The number of hydrogen-bond acceptors (Lipinski definition) is 7. The summed E-state index contributed by atoms with van der Waals surface area (Å²) in [5.41, 5.74) is 0.938. The number of hydrogen-bond donors (Lipinski definition) is 2. The van der Waals surface area contributed by atoms with Gasteiger partial charge in [0.05, 0.1) is 13.2 Å². The van der Waals surface area contributed by atoms with Crippen molar-refractivity contribution in [2.75, 3.05) is 13.7 Å². The molecule has 1 fully saturated rings. The van der Waals surface area contributed by atoms with Gasteiger partial charge in [0, 0.05) is 31.2 Å². The number of amides is 1. The van der Waals surface area contributed by atoms with Gasteiger partial charge in [-0.3, -0.25) is 4.79 Å². The lowest BCUT2D eigenvalue weighted by atomic mass is 9.87. The average Bonchev–Trinajstić information content (AvgIpc) is 2.88. The van der Waals surface area contributed by atoms with Crippen LogP contribution in [0, 0.1) is 5.92 Å². The second kappa shape index (κ2) is 12.4. The number of rotatable bonds is 8. The Morgan fingerprint density at radius 3 is 2.74 bits per heavy atom. The Morgan fingerprint density at radius 1 is 1.26 bits per heavy atom. The Bertz CT molecular complexity index is 952. The minimum Gasteiger partial charge on any atom is -0.503 e. The third kappa shape index (κ3) is 6.47. The van der Waals surface area contributed by atoms with Gasteiger partial charge in [-0.15, -0.1) is 0 Å². The van der Waals surface area contributed by atoms with Crippen LogP contribution in [-0.4, -0.2) is 53.9 Å². The monoisotopic (exact) mass is 470 g/mol. The molecule has 0 aliphatic carbocycles. The zero-order chi connectivity index (χ0) is 24.5. The smallest absolute Gasteiger partial charge is 0.329 e. The zero-order valence-corrected chi connectivity index (χ0v) is 20.0. The van der Waals surface area contributed by atoms with Crippen LogP contribution in [0.1, 0.15) is 55.6 Å². The molecular weight excluding hydrogens is 436 g/mol. The fourth-order valence-electron chi connectivity index (χ4n) is 4.24. The molecule has 0 radical (unpaired) electrons. The van der Waals surface area contributed by atoms with Crippen molar-refractivity contribution < 1.29 is 28.9 Å². The summed E-state index contributed by atoms with van der Waals surface area (Å²) in [5.74, 6) is -1.49. The number of esters is 1. The van der Waals surface area contributed by atoms with Crippen molar-refractivity contribution in [2.45, 2.75) is 64.2 Å². The zero-order valence-electron chi connectivity index (χ0n) is 20.0. The molecule has 1 aromatic heterocycles. The molecule has 8 nitrogen and oxygen atoms in total. The largest absolute Gasteiger partial charge is 0.503 e. The van der Waals surface area contributed by atoms with Crippen molar-refractivity contribution >= 4 is 11.9 Å². The summed E-state index contributed by atoms with van der Waals surface area (Å²) >= 11 is 0. The molecule has 184 valence electrons. The normalized spacial score (nSPS) is 23.2. The van der Waals surface area contributed by atoms with Gasteiger partial charge in [0.25, 0.3) is 5.91 Å². The van der Waals surface area contributed by atoms with Gasteiger partial charge in [0.1, 0.15) is 12.1 Å². The number of nitrogens with one attached hydrogen (secondary N) is 1. The van der Waals surface area contributed by atoms with Crippen molar-refractivity contribution in [3.05, 3.63) is 53.9 Å². The molecule has 1 aromatic carbocycles. The summed E-state index contributed by atoms with van der Waals surface area (Å²) < 4.78 is 17.2. The number of unbranched alkanes of at least 4 members (excludes halogenated alkanes) is 1. The van der Waals surface area contributed by atoms with Crippen molar-refractivity contribution in [1.82, 2.24) is 10.3 Å². The maximum Gasteiger partial charge on any atom is 0.329 e. The molecular formula is C26H34N2O6. The first kappa shape index (κ1) is 25.5. The summed E-state index contributed by atoms with van der Waals surface area (Å²) in [4.78, 5) is 29.7. The number of cyclic esters (lactones) is 1. The highest BCUT2D eigenvalue weighted by atomic mass is 16.6. The van der Waals surface area contributed by atoms with Crippen LogP contribution >= 0.6 is 0 Å². The second-order valence-corrected chi connectivity index (χ2v) is 8.57. The molecule has 34 heavy (non-hydrogen) atoms. The van der Waals surface area contributed by atoms with E-state index in [0.29, 0.717) is 6.61 Å². The lowest BCUT2D eigenvalue weighted by molar-refractivity contribution is -0.154. The van der Waals surface area contributed by atoms with Gasteiger partial charge in [0.15, 0.2) is 17.2 Å². The number of ether oxygens (including phenoxy) is 3.